The second-order valence-electron chi connectivity index (χ2n) is 6.47. The topological polar surface area (TPSA) is 152 Å². The highest BCUT2D eigenvalue weighted by molar-refractivity contribution is 6.32. The number of aromatic nitrogens is 7. The summed E-state index contributed by atoms with van der Waals surface area (Å²) in [7, 11) is 0. The summed E-state index contributed by atoms with van der Waals surface area (Å²) in [5, 5.41) is 19.6. The number of hydrogen-bond donors (Lipinski definition) is 3. The number of H-pyrrole nitrogens is 1. The van der Waals surface area contributed by atoms with Gasteiger partial charge in [0, 0.05) is 19.2 Å². The van der Waals surface area contributed by atoms with Gasteiger partial charge in [0.05, 0.1) is 29.3 Å². The van der Waals surface area contributed by atoms with Crippen LogP contribution < -0.4 is 10.1 Å². The molecule has 1 amide bonds. The van der Waals surface area contributed by atoms with Gasteiger partial charge >= 0.3 is 0 Å². The van der Waals surface area contributed by atoms with Crippen LogP contribution in [0.2, 0.25) is 5.02 Å². The van der Waals surface area contributed by atoms with Crippen LogP contribution in [0.4, 0.5) is 5.82 Å². The van der Waals surface area contributed by atoms with Gasteiger partial charge in [0.15, 0.2) is 23.4 Å². The minimum atomic E-state index is -1.06. The van der Waals surface area contributed by atoms with Gasteiger partial charge in [0.2, 0.25) is 5.88 Å². The van der Waals surface area contributed by atoms with Crippen molar-refractivity contribution in [1.29, 1.82) is 0 Å². The molecule has 0 aliphatic carbocycles. The van der Waals surface area contributed by atoms with E-state index in [4.69, 9.17) is 16.3 Å². The molecule has 1 atom stereocenters. The fourth-order valence-electron chi connectivity index (χ4n) is 2.71. The number of pyridine rings is 1. The van der Waals surface area contributed by atoms with Gasteiger partial charge in [0.1, 0.15) is 11.1 Å². The van der Waals surface area contributed by atoms with E-state index >= 15 is 0 Å². The van der Waals surface area contributed by atoms with E-state index in [1.807, 2.05) is 0 Å². The predicted molar refractivity (Wildman–Crippen MR) is 111 cm³/mol. The van der Waals surface area contributed by atoms with Crippen molar-refractivity contribution in [2.75, 3.05) is 11.9 Å². The van der Waals surface area contributed by atoms with E-state index in [2.05, 4.69) is 40.4 Å². The molecular weight excluding hydrogens is 424 g/mol. The molecule has 0 aliphatic heterocycles. The Morgan fingerprint density at radius 2 is 2.13 bits per heavy atom. The number of aryl methyl sites for hydroxylation is 1. The lowest BCUT2D eigenvalue weighted by atomic mass is 10.2. The summed E-state index contributed by atoms with van der Waals surface area (Å²) in [4.78, 5) is 33.9. The van der Waals surface area contributed by atoms with Crippen molar-refractivity contribution in [1.82, 2.24) is 35.1 Å². The highest BCUT2D eigenvalue weighted by Crippen LogP contribution is 2.28. The van der Waals surface area contributed by atoms with Crippen LogP contribution >= 0.6 is 11.6 Å². The number of hydrogen-bond acceptors (Lipinski definition) is 9. The van der Waals surface area contributed by atoms with Crippen molar-refractivity contribution in [3.63, 3.8) is 0 Å². The number of aliphatic hydroxyl groups excluding tert-OH is 1. The Hall–Kier alpha value is -3.70. The number of carbonyl (C=O) groups is 1. The van der Waals surface area contributed by atoms with Crippen molar-refractivity contribution < 1.29 is 14.6 Å². The summed E-state index contributed by atoms with van der Waals surface area (Å²) in [5.74, 6) is 0.0445. The van der Waals surface area contributed by atoms with Crippen LogP contribution in [-0.4, -0.2) is 58.8 Å². The molecule has 0 bridgehead atoms. The van der Waals surface area contributed by atoms with Crippen LogP contribution in [0.3, 0.4) is 0 Å². The molecular formula is C19H17ClN8O3. The Bertz CT molecular complexity index is 1210. The van der Waals surface area contributed by atoms with Crippen molar-refractivity contribution in [3.05, 3.63) is 47.6 Å². The number of nitrogens with one attached hydrogen (secondary N) is 2. The first-order valence-electron chi connectivity index (χ1n) is 9.24. The summed E-state index contributed by atoms with van der Waals surface area (Å²) in [5.41, 5.74) is 1.45. The molecule has 11 nitrogen and oxygen atoms in total. The highest BCUT2D eigenvalue weighted by atomic mass is 35.5. The van der Waals surface area contributed by atoms with Crippen LogP contribution in [0.1, 0.15) is 12.1 Å². The first-order valence-corrected chi connectivity index (χ1v) is 9.62. The van der Waals surface area contributed by atoms with Gasteiger partial charge in [-0.3, -0.25) is 19.9 Å². The molecule has 0 aromatic carbocycles. The molecule has 31 heavy (non-hydrogen) atoms. The van der Waals surface area contributed by atoms with Crippen LogP contribution in [0, 0.1) is 6.92 Å². The van der Waals surface area contributed by atoms with E-state index in [1.54, 1.807) is 25.3 Å². The molecule has 0 aliphatic rings. The molecule has 4 rings (SSSR count). The van der Waals surface area contributed by atoms with Gasteiger partial charge in [-0.05, 0) is 19.1 Å². The molecule has 4 aromatic heterocycles. The molecule has 0 radical (unpaired) electrons. The SMILES string of the molecule is Cc1cnc(NC(=O)[C@H](CCO)Oc2nc(-c3ncccc3Cl)nc3[nH]ncc23)cn1. The van der Waals surface area contributed by atoms with E-state index in [9.17, 15) is 9.90 Å². The second kappa shape index (κ2) is 8.98. The van der Waals surface area contributed by atoms with Gasteiger partial charge in [0.25, 0.3) is 5.91 Å². The lowest BCUT2D eigenvalue weighted by Gasteiger charge is -2.17. The third-order valence-electron chi connectivity index (χ3n) is 4.21. The average molecular weight is 441 g/mol. The minimum Gasteiger partial charge on any atom is -0.464 e. The molecule has 4 aromatic rings. The van der Waals surface area contributed by atoms with Gasteiger partial charge in [-0.25, -0.2) is 9.97 Å². The lowest BCUT2D eigenvalue weighted by molar-refractivity contribution is -0.123. The number of fused-ring (bicyclic) bond motifs is 1. The standard InChI is InChI=1S/C19H17ClN8O3/c1-10-7-23-14(9-22-10)25-18(30)13(4-6-29)31-19-11-8-24-28-16(11)26-17(27-19)15-12(20)3-2-5-21-15/h2-3,5,7-9,13,29H,4,6H2,1H3,(H,23,25,30)(H,24,26,27,28)/t13-/m0/s1. The number of aromatic amines is 1. The van der Waals surface area contributed by atoms with Crippen molar-refractivity contribution in [2.24, 2.45) is 0 Å². The van der Waals surface area contributed by atoms with Crippen LogP contribution in [-0.2, 0) is 4.79 Å². The number of rotatable bonds is 7. The maximum Gasteiger partial charge on any atom is 0.266 e. The van der Waals surface area contributed by atoms with E-state index in [-0.39, 0.29) is 30.5 Å². The van der Waals surface area contributed by atoms with Crippen LogP contribution in [0.15, 0.2) is 36.9 Å². The summed E-state index contributed by atoms with van der Waals surface area (Å²) in [6, 6.07) is 3.35. The third kappa shape index (κ3) is 4.57. The molecule has 3 N–H and O–H groups in total. The van der Waals surface area contributed by atoms with Gasteiger partial charge in [-0.2, -0.15) is 10.1 Å². The zero-order chi connectivity index (χ0) is 21.8. The van der Waals surface area contributed by atoms with Crippen molar-refractivity contribution in [3.8, 4) is 17.4 Å². The maximum atomic E-state index is 12.8. The second-order valence-corrected chi connectivity index (χ2v) is 6.88. The quantitative estimate of drug-likeness (QED) is 0.391. The van der Waals surface area contributed by atoms with Gasteiger partial charge in [-0.1, -0.05) is 11.6 Å². The van der Waals surface area contributed by atoms with Crippen molar-refractivity contribution >= 4 is 34.4 Å². The Morgan fingerprint density at radius 1 is 1.26 bits per heavy atom. The Kier molecular flexibility index (Phi) is 5.96. The molecule has 0 saturated carbocycles. The molecule has 0 saturated heterocycles. The lowest BCUT2D eigenvalue weighted by Crippen LogP contribution is -2.34. The van der Waals surface area contributed by atoms with E-state index in [0.717, 1.165) is 0 Å². The zero-order valence-electron chi connectivity index (χ0n) is 16.3. The zero-order valence-corrected chi connectivity index (χ0v) is 17.0. The first-order chi connectivity index (χ1) is 15.0. The Labute approximate surface area is 180 Å². The van der Waals surface area contributed by atoms with Crippen LogP contribution in [0.5, 0.6) is 5.88 Å². The van der Waals surface area contributed by atoms with E-state index in [1.165, 1.54) is 18.6 Å². The number of ether oxygens (including phenoxy) is 1. The monoisotopic (exact) mass is 440 g/mol. The van der Waals surface area contributed by atoms with E-state index in [0.29, 0.717) is 27.4 Å². The largest absolute Gasteiger partial charge is 0.464 e. The highest BCUT2D eigenvalue weighted by Gasteiger charge is 2.24. The van der Waals surface area contributed by atoms with Crippen LogP contribution in [0.25, 0.3) is 22.6 Å². The van der Waals surface area contributed by atoms with Gasteiger partial charge < -0.3 is 15.2 Å². The normalized spacial score (nSPS) is 12.0. The summed E-state index contributed by atoms with van der Waals surface area (Å²) in [6.45, 7) is 1.50. The number of carbonyl (C=O) groups excluding carboxylic acids is 1. The molecule has 0 spiro atoms. The number of anilines is 1. The predicted octanol–water partition coefficient (Wildman–Crippen LogP) is 1.94. The van der Waals surface area contributed by atoms with Crippen molar-refractivity contribution in [2.45, 2.75) is 19.4 Å². The summed E-state index contributed by atoms with van der Waals surface area (Å²) < 4.78 is 5.88. The number of halogens is 1. The first kappa shape index (κ1) is 20.6. The molecule has 12 heteroatoms. The maximum absolute atomic E-state index is 12.8. The summed E-state index contributed by atoms with van der Waals surface area (Å²) >= 11 is 6.22. The number of aliphatic hydroxyl groups is 1. The molecule has 158 valence electrons. The average Bonchev–Trinajstić information content (AvgIpc) is 3.24. The van der Waals surface area contributed by atoms with E-state index < -0.39 is 12.0 Å². The fourth-order valence-corrected chi connectivity index (χ4v) is 2.92. The molecule has 0 unspecified atom stereocenters. The minimum absolute atomic E-state index is 0.0220. The number of amides is 1. The summed E-state index contributed by atoms with van der Waals surface area (Å²) in [6.07, 6.45) is 4.96. The smallest absolute Gasteiger partial charge is 0.266 e. The fraction of sp³-hybridized carbons (Fsp3) is 0.211. The third-order valence-corrected chi connectivity index (χ3v) is 4.52. The molecule has 4 heterocycles. The van der Waals surface area contributed by atoms with Gasteiger partial charge in [-0.15, -0.1) is 0 Å². The Balaban J connectivity index is 1.66. The Morgan fingerprint density at radius 3 is 2.87 bits per heavy atom. The number of nitrogens with zero attached hydrogens (tertiary/aromatic N) is 6. The molecule has 0 fully saturated rings.